The summed E-state index contributed by atoms with van der Waals surface area (Å²) in [5, 5.41) is 9.24. The quantitative estimate of drug-likeness (QED) is 0.221. The van der Waals surface area contributed by atoms with Crippen LogP contribution in [0, 0.1) is 11.8 Å². The Morgan fingerprint density at radius 2 is 1.90 bits per heavy atom. The van der Waals surface area contributed by atoms with Crippen LogP contribution < -0.4 is 4.90 Å². The van der Waals surface area contributed by atoms with E-state index in [0.717, 1.165) is 73.8 Å². The lowest BCUT2D eigenvalue weighted by molar-refractivity contribution is -0.119. The van der Waals surface area contributed by atoms with Gasteiger partial charge in [0.05, 0.1) is 0 Å². The number of aromatic nitrogens is 3. The molecule has 0 radical (unpaired) electrons. The maximum absolute atomic E-state index is 13.7. The van der Waals surface area contributed by atoms with Gasteiger partial charge in [0.15, 0.2) is 11.6 Å². The summed E-state index contributed by atoms with van der Waals surface area (Å²) in [7, 11) is 1.69. The van der Waals surface area contributed by atoms with E-state index in [9.17, 15) is 9.59 Å². The van der Waals surface area contributed by atoms with E-state index in [1.54, 1.807) is 18.4 Å². The minimum Gasteiger partial charge on any atom is -0.377 e. The van der Waals surface area contributed by atoms with E-state index in [2.05, 4.69) is 50.9 Å². The Labute approximate surface area is 240 Å². The van der Waals surface area contributed by atoms with Crippen LogP contribution in [0.5, 0.6) is 0 Å². The topological polar surface area (TPSA) is 77.3 Å². The molecule has 0 N–H and O–H groups in total. The van der Waals surface area contributed by atoms with Gasteiger partial charge in [0.25, 0.3) is 0 Å². The molecule has 212 valence electrons. The second-order valence-electron chi connectivity index (χ2n) is 11.7. The minimum atomic E-state index is 0.129. The molecule has 2 heterocycles. The van der Waals surface area contributed by atoms with Crippen LogP contribution in [0.3, 0.4) is 0 Å². The Morgan fingerprint density at radius 3 is 2.60 bits per heavy atom. The van der Waals surface area contributed by atoms with Gasteiger partial charge < -0.3 is 9.64 Å². The fourth-order valence-corrected chi connectivity index (χ4v) is 7.50. The summed E-state index contributed by atoms with van der Waals surface area (Å²) in [5.41, 5.74) is 3.28. The largest absolute Gasteiger partial charge is 0.377 e. The van der Waals surface area contributed by atoms with Crippen LogP contribution in [-0.2, 0) is 41.9 Å². The van der Waals surface area contributed by atoms with Crippen molar-refractivity contribution in [2.75, 3.05) is 18.6 Å². The number of aryl methyl sites for hydroxylation is 1. The van der Waals surface area contributed by atoms with E-state index in [1.807, 2.05) is 6.07 Å². The number of hydrogen-bond acceptors (Lipinski definition) is 7. The zero-order valence-electron chi connectivity index (χ0n) is 23.7. The van der Waals surface area contributed by atoms with Gasteiger partial charge in [-0.3, -0.25) is 14.2 Å². The van der Waals surface area contributed by atoms with Gasteiger partial charge in [0.2, 0.25) is 5.95 Å². The summed E-state index contributed by atoms with van der Waals surface area (Å²) in [5.74, 6) is 3.15. The lowest BCUT2D eigenvalue weighted by Crippen LogP contribution is -2.29. The number of fused-ring (bicyclic) bond motifs is 1. The summed E-state index contributed by atoms with van der Waals surface area (Å²) < 4.78 is 7.81. The van der Waals surface area contributed by atoms with E-state index >= 15 is 0 Å². The predicted octanol–water partition coefficient (Wildman–Crippen LogP) is 6.14. The number of anilines is 1. The summed E-state index contributed by atoms with van der Waals surface area (Å²) in [6.07, 6.45) is 9.12. The minimum absolute atomic E-state index is 0.129. The molecule has 3 aliphatic carbocycles. The zero-order valence-corrected chi connectivity index (χ0v) is 24.5. The number of hydrogen-bond donors (Lipinski definition) is 0. The van der Waals surface area contributed by atoms with Crippen LogP contribution in [0.4, 0.5) is 5.95 Å². The second kappa shape index (κ2) is 12.0. The molecule has 1 unspecified atom stereocenters. The Bertz CT molecular complexity index is 1360. The number of methoxy groups -OCH3 is 1. The second-order valence-corrected chi connectivity index (χ2v) is 12.9. The fraction of sp³-hybridized carbons (Fsp3) is 0.562. The number of rotatable bonds is 14. The van der Waals surface area contributed by atoms with Crippen molar-refractivity contribution in [1.82, 2.24) is 14.8 Å². The Hall–Kier alpha value is -2.84. The van der Waals surface area contributed by atoms with Gasteiger partial charge in [0, 0.05) is 60.3 Å². The highest BCUT2D eigenvalue weighted by atomic mass is 32.1. The molecule has 0 aliphatic heterocycles. The van der Waals surface area contributed by atoms with Crippen molar-refractivity contribution < 1.29 is 14.3 Å². The summed E-state index contributed by atoms with van der Waals surface area (Å²) in [6, 6.07) is 10.6. The summed E-state index contributed by atoms with van der Waals surface area (Å²) >= 11 is 1.73. The molecule has 1 aromatic carbocycles. The van der Waals surface area contributed by atoms with E-state index in [0.29, 0.717) is 31.1 Å². The smallest absolute Gasteiger partial charge is 0.227 e. The number of carbonyl (C=O) groups excluding carboxylic acids is 2. The molecule has 2 fully saturated rings. The molecule has 3 aromatic rings. The SMILES string of the molecule is CCN(Cc1ccccc1)c1nnc(COC)n1C1CCc2sc(CC(=O)C3CC3)c(C(=O)CCC3CC3)c2C1. The fourth-order valence-electron chi connectivity index (χ4n) is 6.12. The highest BCUT2D eigenvalue weighted by molar-refractivity contribution is 7.12. The third-order valence-corrected chi connectivity index (χ3v) is 9.99. The molecule has 0 amide bonds. The van der Waals surface area contributed by atoms with Gasteiger partial charge in [0.1, 0.15) is 12.4 Å². The molecule has 7 nitrogen and oxygen atoms in total. The monoisotopic (exact) mass is 560 g/mol. The van der Waals surface area contributed by atoms with E-state index < -0.39 is 0 Å². The lowest BCUT2D eigenvalue weighted by atomic mass is 9.87. The Balaban J connectivity index is 1.32. The zero-order chi connectivity index (χ0) is 27.6. The maximum Gasteiger partial charge on any atom is 0.227 e. The van der Waals surface area contributed by atoms with Gasteiger partial charge in [-0.05, 0) is 62.5 Å². The summed E-state index contributed by atoms with van der Waals surface area (Å²) in [4.78, 5) is 31.2. The van der Waals surface area contributed by atoms with Crippen molar-refractivity contribution in [3.63, 3.8) is 0 Å². The average Bonchev–Trinajstić information content (AvgIpc) is 3.90. The molecule has 3 aliphatic rings. The Kier molecular flexibility index (Phi) is 8.17. The lowest BCUT2D eigenvalue weighted by Gasteiger charge is -2.30. The molecule has 0 saturated heterocycles. The van der Waals surface area contributed by atoms with Crippen molar-refractivity contribution in [1.29, 1.82) is 0 Å². The standard InChI is InChI=1S/C32H40N4O3S/c1-3-35(19-22-7-5-4-6-8-22)32-34-33-30(20-39-2)36(32)24-14-16-28-25(17-24)31(26(37)15-11-21-9-10-21)29(40-28)18-27(38)23-12-13-23/h4-8,21,23-24H,3,9-20H2,1-2H3. The van der Waals surface area contributed by atoms with E-state index in [1.165, 1.54) is 28.8 Å². The van der Waals surface area contributed by atoms with Crippen LogP contribution in [0.2, 0.25) is 0 Å². The highest BCUT2D eigenvalue weighted by Gasteiger charge is 2.36. The summed E-state index contributed by atoms with van der Waals surface area (Å²) in [6.45, 7) is 4.08. The van der Waals surface area contributed by atoms with Gasteiger partial charge in [-0.1, -0.05) is 43.2 Å². The van der Waals surface area contributed by atoms with Crippen molar-refractivity contribution in [2.24, 2.45) is 11.8 Å². The number of carbonyl (C=O) groups is 2. The molecule has 1 atom stereocenters. The molecular formula is C32H40N4O3S. The van der Waals surface area contributed by atoms with Crippen molar-refractivity contribution >= 4 is 28.9 Å². The first-order chi connectivity index (χ1) is 19.6. The number of Topliss-reactive ketones (excluding diaryl/α,β-unsaturated/α-hetero) is 2. The van der Waals surface area contributed by atoms with Crippen LogP contribution >= 0.6 is 11.3 Å². The van der Waals surface area contributed by atoms with Gasteiger partial charge >= 0.3 is 0 Å². The van der Waals surface area contributed by atoms with Crippen LogP contribution in [0.1, 0.15) is 95.0 Å². The predicted molar refractivity (Wildman–Crippen MR) is 157 cm³/mol. The van der Waals surface area contributed by atoms with E-state index in [4.69, 9.17) is 4.74 Å². The number of thiophene rings is 1. The van der Waals surface area contributed by atoms with E-state index in [-0.39, 0.29) is 17.7 Å². The van der Waals surface area contributed by atoms with Crippen LogP contribution in [-0.4, -0.2) is 40.0 Å². The average molecular weight is 561 g/mol. The molecular weight excluding hydrogens is 520 g/mol. The van der Waals surface area contributed by atoms with Crippen molar-refractivity contribution in [3.8, 4) is 0 Å². The number of nitrogens with zero attached hydrogens (tertiary/aromatic N) is 4. The molecule has 8 heteroatoms. The molecule has 40 heavy (non-hydrogen) atoms. The van der Waals surface area contributed by atoms with Crippen LogP contribution in [0.15, 0.2) is 30.3 Å². The Morgan fingerprint density at radius 1 is 1.10 bits per heavy atom. The van der Waals surface area contributed by atoms with Crippen molar-refractivity contribution in [2.45, 2.75) is 90.3 Å². The van der Waals surface area contributed by atoms with Gasteiger partial charge in [-0.25, -0.2) is 0 Å². The van der Waals surface area contributed by atoms with Gasteiger partial charge in [-0.2, -0.15) is 0 Å². The molecule has 0 bridgehead atoms. The number of ether oxygens (including phenoxy) is 1. The van der Waals surface area contributed by atoms with Crippen LogP contribution in [0.25, 0.3) is 0 Å². The third-order valence-electron chi connectivity index (χ3n) is 8.70. The first-order valence-electron chi connectivity index (χ1n) is 15.0. The molecule has 0 spiro atoms. The maximum atomic E-state index is 13.7. The third kappa shape index (κ3) is 5.93. The molecule has 2 aromatic heterocycles. The normalized spacial score (nSPS) is 18.5. The first kappa shape index (κ1) is 27.3. The number of benzene rings is 1. The first-order valence-corrected chi connectivity index (χ1v) is 15.8. The van der Waals surface area contributed by atoms with Crippen molar-refractivity contribution in [3.05, 3.63) is 62.6 Å². The van der Waals surface area contributed by atoms with Gasteiger partial charge in [-0.15, -0.1) is 21.5 Å². The molecule has 2 saturated carbocycles. The number of ketones is 2. The molecule has 6 rings (SSSR count). The highest BCUT2D eigenvalue weighted by Crippen LogP contribution is 2.42.